The molecule has 114 valence electrons. The van der Waals surface area contributed by atoms with Crippen LogP contribution in [0, 0.1) is 11.8 Å². The first-order valence-electron chi connectivity index (χ1n) is 7.73. The van der Waals surface area contributed by atoms with E-state index in [1.54, 1.807) is 25.2 Å². The quantitative estimate of drug-likeness (QED) is 0.892. The Bertz CT molecular complexity index is 531. The molecule has 3 rings (SSSR count). The molecule has 2 heterocycles. The maximum absolute atomic E-state index is 12.0. The highest BCUT2D eigenvalue weighted by Gasteiger charge is 2.36. The minimum absolute atomic E-state index is 0.0458. The summed E-state index contributed by atoms with van der Waals surface area (Å²) < 4.78 is 0. The first-order valence-corrected chi connectivity index (χ1v) is 7.73. The van der Waals surface area contributed by atoms with Gasteiger partial charge in [0.15, 0.2) is 0 Å². The number of pyridine rings is 1. The Morgan fingerprint density at radius 2 is 2.10 bits per heavy atom. The molecule has 1 aromatic rings. The summed E-state index contributed by atoms with van der Waals surface area (Å²) in [7, 11) is 3.50. The van der Waals surface area contributed by atoms with Gasteiger partial charge in [-0.1, -0.05) is 0 Å². The smallest absolute Gasteiger partial charge is 0.272 e. The van der Waals surface area contributed by atoms with E-state index in [9.17, 15) is 4.79 Å². The Balaban J connectivity index is 1.76. The van der Waals surface area contributed by atoms with Crippen molar-refractivity contribution in [3.8, 4) is 0 Å². The molecule has 2 fully saturated rings. The van der Waals surface area contributed by atoms with Gasteiger partial charge in [0.25, 0.3) is 5.91 Å². The van der Waals surface area contributed by atoms with Gasteiger partial charge >= 0.3 is 0 Å². The van der Waals surface area contributed by atoms with Gasteiger partial charge in [-0.15, -0.1) is 0 Å². The number of fused-ring (bicyclic) bond motifs is 1. The van der Waals surface area contributed by atoms with Crippen molar-refractivity contribution in [3.63, 3.8) is 0 Å². The highest BCUT2D eigenvalue weighted by molar-refractivity contribution is 5.92. The second-order valence-electron chi connectivity index (χ2n) is 6.60. The molecule has 1 aliphatic heterocycles. The molecule has 0 radical (unpaired) electrons. The number of carbonyl (C=O) groups excluding carboxylic acids is 1. The molecule has 5 nitrogen and oxygen atoms in total. The van der Waals surface area contributed by atoms with Gasteiger partial charge in [-0.3, -0.25) is 9.78 Å². The fourth-order valence-corrected chi connectivity index (χ4v) is 3.64. The van der Waals surface area contributed by atoms with Gasteiger partial charge in [-0.2, -0.15) is 0 Å². The zero-order chi connectivity index (χ0) is 15.0. The van der Waals surface area contributed by atoms with Crippen LogP contribution in [-0.2, 0) is 0 Å². The molecule has 0 bridgehead atoms. The van der Waals surface area contributed by atoms with Crippen molar-refractivity contribution in [3.05, 3.63) is 24.0 Å². The topological polar surface area (TPSA) is 62.5 Å². The van der Waals surface area contributed by atoms with Crippen molar-refractivity contribution < 1.29 is 4.79 Å². The van der Waals surface area contributed by atoms with Crippen LogP contribution in [0.5, 0.6) is 0 Å². The summed E-state index contributed by atoms with van der Waals surface area (Å²) in [5.74, 6) is 1.41. The van der Waals surface area contributed by atoms with E-state index in [0.29, 0.717) is 17.7 Å². The Hall–Kier alpha value is -1.62. The molecule has 3 atom stereocenters. The molecule has 2 N–H and O–H groups in total. The van der Waals surface area contributed by atoms with Gasteiger partial charge < -0.3 is 15.5 Å². The van der Waals surface area contributed by atoms with E-state index >= 15 is 0 Å². The lowest BCUT2D eigenvalue weighted by Crippen LogP contribution is -2.32. The molecule has 21 heavy (non-hydrogen) atoms. The second kappa shape index (κ2) is 5.64. The first kappa shape index (κ1) is 14.3. The third-order valence-corrected chi connectivity index (χ3v) is 4.82. The zero-order valence-electron chi connectivity index (χ0n) is 12.8. The van der Waals surface area contributed by atoms with Crippen LogP contribution in [-0.4, -0.2) is 49.0 Å². The Labute approximate surface area is 126 Å². The van der Waals surface area contributed by atoms with Gasteiger partial charge in [0, 0.05) is 45.1 Å². The molecule has 0 spiro atoms. The minimum Gasteiger partial charge on any atom is -0.371 e. The van der Waals surface area contributed by atoms with Crippen LogP contribution in [0.3, 0.4) is 0 Å². The largest absolute Gasteiger partial charge is 0.371 e. The number of carbonyl (C=O) groups is 1. The molecule has 1 aliphatic carbocycles. The van der Waals surface area contributed by atoms with Gasteiger partial charge in [-0.05, 0) is 43.2 Å². The summed E-state index contributed by atoms with van der Waals surface area (Å²) >= 11 is 0. The summed E-state index contributed by atoms with van der Waals surface area (Å²) in [6, 6.07) is 4.29. The summed E-state index contributed by atoms with van der Waals surface area (Å²) in [5.41, 5.74) is 7.72. The third kappa shape index (κ3) is 2.88. The lowest BCUT2D eigenvalue weighted by molar-refractivity contribution is 0.0822. The van der Waals surface area contributed by atoms with Crippen molar-refractivity contribution >= 4 is 11.6 Å². The van der Waals surface area contributed by atoms with E-state index in [2.05, 4.69) is 9.88 Å². The predicted octanol–water partition coefficient (Wildman–Crippen LogP) is 1.35. The van der Waals surface area contributed by atoms with Crippen LogP contribution in [0.4, 0.5) is 5.69 Å². The molecule has 5 heteroatoms. The first-order chi connectivity index (χ1) is 10.0. The number of nitrogens with two attached hydrogens (primary N) is 1. The number of hydrogen-bond acceptors (Lipinski definition) is 4. The predicted molar refractivity (Wildman–Crippen MR) is 83.3 cm³/mol. The van der Waals surface area contributed by atoms with Crippen LogP contribution in [0.2, 0.25) is 0 Å². The fraction of sp³-hybridized carbons (Fsp3) is 0.625. The number of hydrogen-bond donors (Lipinski definition) is 1. The molecular formula is C16H24N4O. The lowest BCUT2D eigenvalue weighted by Gasteiger charge is -2.27. The number of amides is 1. The summed E-state index contributed by atoms with van der Waals surface area (Å²) in [6.07, 6.45) is 5.25. The summed E-state index contributed by atoms with van der Waals surface area (Å²) in [4.78, 5) is 20.2. The second-order valence-corrected chi connectivity index (χ2v) is 6.60. The SMILES string of the molecule is CN(C)C(=O)c1cc(N2C[C@H]3CCC(N)C[C@H]3C2)ccn1. The van der Waals surface area contributed by atoms with Crippen LogP contribution < -0.4 is 10.6 Å². The molecule has 1 aromatic heterocycles. The third-order valence-electron chi connectivity index (χ3n) is 4.82. The standard InChI is InChI=1S/C16H24N4O/c1-19(2)16(21)15-8-14(5-6-18-15)20-9-11-3-4-13(17)7-12(11)10-20/h5-6,8,11-13H,3-4,7,9-10,17H2,1-2H3/t11-,12+,13?/m1/s1. The lowest BCUT2D eigenvalue weighted by atomic mass is 9.79. The Morgan fingerprint density at radius 1 is 1.33 bits per heavy atom. The van der Waals surface area contributed by atoms with E-state index in [0.717, 1.165) is 37.5 Å². The average molecular weight is 288 g/mol. The number of nitrogens with zero attached hydrogens (tertiary/aromatic N) is 3. The van der Waals surface area contributed by atoms with Crippen LogP contribution in [0.25, 0.3) is 0 Å². The minimum atomic E-state index is -0.0458. The molecular weight excluding hydrogens is 264 g/mol. The number of aromatic nitrogens is 1. The van der Waals surface area contributed by atoms with Gasteiger partial charge in [0.05, 0.1) is 0 Å². The van der Waals surface area contributed by atoms with Crippen LogP contribution in [0.15, 0.2) is 18.3 Å². The van der Waals surface area contributed by atoms with E-state index in [1.165, 1.54) is 6.42 Å². The zero-order valence-corrected chi connectivity index (χ0v) is 12.8. The molecule has 1 amide bonds. The Morgan fingerprint density at radius 3 is 2.86 bits per heavy atom. The van der Waals surface area contributed by atoms with E-state index < -0.39 is 0 Å². The summed E-state index contributed by atoms with van der Waals surface area (Å²) in [5, 5.41) is 0. The fourth-order valence-electron chi connectivity index (χ4n) is 3.64. The highest BCUT2D eigenvalue weighted by atomic mass is 16.2. The van der Waals surface area contributed by atoms with Crippen molar-refractivity contribution in [2.24, 2.45) is 17.6 Å². The molecule has 2 aliphatic rings. The van der Waals surface area contributed by atoms with E-state index in [-0.39, 0.29) is 5.91 Å². The van der Waals surface area contributed by atoms with Gasteiger partial charge in [-0.25, -0.2) is 0 Å². The molecule has 1 unspecified atom stereocenters. The summed E-state index contributed by atoms with van der Waals surface area (Å²) in [6.45, 7) is 2.13. The van der Waals surface area contributed by atoms with Crippen molar-refractivity contribution in [2.75, 3.05) is 32.1 Å². The van der Waals surface area contributed by atoms with Crippen LogP contribution in [0.1, 0.15) is 29.8 Å². The maximum atomic E-state index is 12.0. The van der Waals surface area contributed by atoms with Gasteiger partial charge in [0.2, 0.25) is 0 Å². The molecule has 0 aromatic carbocycles. The van der Waals surface area contributed by atoms with Crippen molar-refractivity contribution in [1.29, 1.82) is 0 Å². The maximum Gasteiger partial charge on any atom is 0.272 e. The van der Waals surface area contributed by atoms with E-state index in [1.807, 2.05) is 12.1 Å². The normalized spacial score (nSPS) is 28.3. The highest BCUT2D eigenvalue weighted by Crippen LogP contribution is 2.37. The Kier molecular flexibility index (Phi) is 3.85. The molecule has 1 saturated carbocycles. The average Bonchev–Trinajstić information content (AvgIpc) is 2.89. The van der Waals surface area contributed by atoms with Crippen molar-refractivity contribution in [2.45, 2.75) is 25.3 Å². The van der Waals surface area contributed by atoms with Crippen molar-refractivity contribution in [1.82, 2.24) is 9.88 Å². The van der Waals surface area contributed by atoms with E-state index in [4.69, 9.17) is 5.73 Å². The van der Waals surface area contributed by atoms with Gasteiger partial charge in [0.1, 0.15) is 5.69 Å². The number of anilines is 1. The van der Waals surface area contributed by atoms with Crippen LogP contribution >= 0.6 is 0 Å². The molecule has 1 saturated heterocycles. The number of rotatable bonds is 2. The monoisotopic (exact) mass is 288 g/mol.